The molecule has 2 heterocycles. The van der Waals surface area contributed by atoms with Crippen LogP contribution in [0.4, 0.5) is 0 Å². The smallest absolute Gasteiger partial charge is 0.213 e. The Kier molecular flexibility index (Phi) is 10.1. The minimum atomic E-state index is 0. The number of halogens is 1. The minimum Gasteiger partial charge on any atom is -0.474 e. The van der Waals surface area contributed by atoms with Crippen molar-refractivity contribution >= 4 is 41.3 Å². The fourth-order valence-electron chi connectivity index (χ4n) is 3.25. The summed E-state index contributed by atoms with van der Waals surface area (Å²) in [5, 5.41) is 7.74. The van der Waals surface area contributed by atoms with Gasteiger partial charge in [0, 0.05) is 23.7 Å². The number of pyridine rings is 1. The molecule has 2 N–H and O–H groups in total. The van der Waals surface area contributed by atoms with Gasteiger partial charge in [0.05, 0.1) is 18.8 Å². The summed E-state index contributed by atoms with van der Waals surface area (Å²) in [6.07, 6.45) is 8.22. The van der Waals surface area contributed by atoms with Crippen molar-refractivity contribution in [3.8, 4) is 5.88 Å². The average molecular weight is 529 g/mol. The maximum absolute atomic E-state index is 6.07. The Morgan fingerprint density at radius 1 is 1.24 bits per heavy atom. The van der Waals surface area contributed by atoms with Crippen molar-refractivity contribution in [2.45, 2.75) is 72.1 Å². The van der Waals surface area contributed by atoms with Crippen molar-refractivity contribution in [2.75, 3.05) is 6.54 Å². The summed E-state index contributed by atoms with van der Waals surface area (Å²) in [6, 6.07) is 4.00. The fourth-order valence-corrected chi connectivity index (χ4v) is 4.13. The largest absolute Gasteiger partial charge is 0.474 e. The lowest BCUT2D eigenvalue weighted by molar-refractivity contribution is 0.148. The molecule has 1 aliphatic rings. The summed E-state index contributed by atoms with van der Waals surface area (Å²) in [7, 11) is 0. The average Bonchev–Trinajstić information content (AvgIpc) is 3.03. The first-order valence-electron chi connectivity index (χ1n) is 10.2. The molecule has 0 saturated heterocycles. The summed E-state index contributed by atoms with van der Waals surface area (Å²) < 4.78 is 6.07. The van der Waals surface area contributed by atoms with Gasteiger partial charge in [-0.1, -0.05) is 6.42 Å². The fraction of sp³-hybridized carbons (Fsp3) is 0.571. The normalized spacial score (nSPS) is 14.9. The van der Waals surface area contributed by atoms with Crippen molar-refractivity contribution in [1.82, 2.24) is 20.6 Å². The number of thiazole rings is 1. The van der Waals surface area contributed by atoms with Crippen LogP contribution in [0.3, 0.4) is 0 Å². The van der Waals surface area contributed by atoms with E-state index in [2.05, 4.69) is 34.4 Å². The highest BCUT2D eigenvalue weighted by atomic mass is 127. The molecule has 0 amide bonds. The maximum Gasteiger partial charge on any atom is 0.213 e. The highest BCUT2D eigenvalue weighted by Crippen LogP contribution is 2.22. The predicted molar refractivity (Wildman–Crippen MR) is 130 cm³/mol. The van der Waals surface area contributed by atoms with Crippen LogP contribution in [0.25, 0.3) is 0 Å². The van der Waals surface area contributed by atoms with E-state index in [0.717, 1.165) is 41.6 Å². The first-order valence-corrected chi connectivity index (χ1v) is 11.0. The Morgan fingerprint density at radius 2 is 2.03 bits per heavy atom. The molecule has 1 fully saturated rings. The highest BCUT2D eigenvalue weighted by molar-refractivity contribution is 14.0. The van der Waals surface area contributed by atoms with Crippen LogP contribution < -0.4 is 15.4 Å². The zero-order chi connectivity index (χ0) is 19.8. The van der Waals surface area contributed by atoms with Gasteiger partial charge in [0.1, 0.15) is 11.1 Å². The van der Waals surface area contributed by atoms with Crippen LogP contribution in [0.15, 0.2) is 23.3 Å². The Balaban J connectivity index is 0.00000300. The number of rotatable bonds is 7. The zero-order valence-electron chi connectivity index (χ0n) is 17.5. The summed E-state index contributed by atoms with van der Waals surface area (Å²) in [5.74, 6) is 1.51. The summed E-state index contributed by atoms with van der Waals surface area (Å²) in [5.41, 5.74) is 2.20. The Hall–Kier alpha value is -1.42. The predicted octanol–water partition coefficient (Wildman–Crippen LogP) is 4.74. The van der Waals surface area contributed by atoms with E-state index in [0.29, 0.717) is 25.1 Å². The number of nitrogens with zero attached hydrogens (tertiary/aromatic N) is 3. The van der Waals surface area contributed by atoms with E-state index < -0.39 is 0 Å². The second-order valence-corrected chi connectivity index (χ2v) is 8.47. The first-order chi connectivity index (χ1) is 13.6. The lowest BCUT2D eigenvalue weighted by atomic mass is 9.98. The molecule has 29 heavy (non-hydrogen) atoms. The van der Waals surface area contributed by atoms with E-state index in [1.165, 1.54) is 24.1 Å². The van der Waals surface area contributed by atoms with Gasteiger partial charge < -0.3 is 15.4 Å². The summed E-state index contributed by atoms with van der Waals surface area (Å²) in [6.45, 7) is 8.29. The van der Waals surface area contributed by atoms with E-state index in [-0.39, 0.29) is 24.0 Å². The summed E-state index contributed by atoms with van der Waals surface area (Å²) in [4.78, 5) is 14.9. The van der Waals surface area contributed by atoms with E-state index in [1.54, 1.807) is 11.3 Å². The van der Waals surface area contributed by atoms with E-state index in [1.807, 2.05) is 25.3 Å². The zero-order valence-corrected chi connectivity index (χ0v) is 20.7. The Bertz CT molecular complexity index is 770. The maximum atomic E-state index is 6.07. The molecule has 8 heteroatoms. The van der Waals surface area contributed by atoms with Crippen LogP contribution in [0.5, 0.6) is 5.88 Å². The molecule has 0 atom stereocenters. The molecule has 1 aliphatic carbocycles. The van der Waals surface area contributed by atoms with Crippen molar-refractivity contribution in [3.63, 3.8) is 0 Å². The van der Waals surface area contributed by atoms with Gasteiger partial charge in [0.25, 0.3) is 0 Å². The number of ether oxygens (including phenoxy) is 1. The van der Waals surface area contributed by atoms with Crippen molar-refractivity contribution in [1.29, 1.82) is 0 Å². The third-order valence-corrected chi connectivity index (χ3v) is 5.96. The number of hydrogen-bond acceptors (Lipinski definition) is 5. The second kappa shape index (κ2) is 12.3. The molecular formula is C21H32IN5OS. The molecule has 0 bridgehead atoms. The van der Waals surface area contributed by atoms with Gasteiger partial charge in [-0.15, -0.1) is 35.3 Å². The van der Waals surface area contributed by atoms with E-state index in [4.69, 9.17) is 9.73 Å². The molecule has 160 valence electrons. The monoisotopic (exact) mass is 529 g/mol. The number of aliphatic imine (C=N–C) groups is 1. The molecule has 0 aliphatic heterocycles. The molecule has 0 radical (unpaired) electrons. The second-order valence-electron chi connectivity index (χ2n) is 7.18. The molecule has 0 spiro atoms. The van der Waals surface area contributed by atoms with Crippen LogP contribution in [0.1, 0.15) is 60.2 Å². The van der Waals surface area contributed by atoms with Gasteiger partial charge in [-0.2, -0.15) is 0 Å². The van der Waals surface area contributed by atoms with Crippen molar-refractivity contribution < 1.29 is 4.74 Å². The number of hydrogen-bond donors (Lipinski definition) is 2. The Labute approximate surface area is 195 Å². The van der Waals surface area contributed by atoms with Crippen LogP contribution in [-0.2, 0) is 13.1 Å². The van der Waals surface area contributed by atoms with E-state index >= 15 is 0 Å². The van der Waals surface area contributed by atoms with Gasteiger partial charge in [-0.25, -0.2) is 15.0 Å². The molecule has 3 rings (SSSR count). The van der Waals surface area contributed by atoms with Gasteiger partial charge in [0.15, 0.2) is 5.96 Å². The van der Waals surface area contributed by atoms with Gasteiger partial charge in [-0.3, -0.25) is 0 Å². The van der Waals surface area contributed by atoms with Crippen molar-refractivity contribution in [3.05, 3.63) is 39.5 Å². The molecular weight excluding hydrogens is 497 g/mol. The molecule has 2 aromatic rings. The first kappa shape index (κ1) is 23.9. The third kappa shape index (κ3) is 7.73. The number of aryl methyl sites for hydroxylation is 2. The summed E-state index contributed by atoms with van der Waals surface area (Å²) >= 11 is 1.73. The molecule has 0 unspecified atom stereocenters. The number of aromatic nitrogens is 2. The molecule has 6 nitrogen and oxygen atoms in total. The highest BCUT2D eigenvalue weighted by Gasteiger charge is 2.15. The lowest BCUT2D eigenvalue weighted by Crippen LogP contribution is -2.36. The van der Waals surface area contributed by atoms with Crippen LogP contribution in [0.2, 0.25) is 0 Å². The SMILES string of the molecule is CCNC(=NCc1ccnc(OC2CCCCC2)c1)NCc1nc(C)c(C)s1.I. The van der Waals surface area contributed by atoms with Crippen molar-refractivity contribution in [2.24, 2.45) is 4.99 Å². The van der Waals surface area contributed by atoms with Gasteiger partial charge in [0.2, 0.25) is 5.88 Å². The molecule has 0 aromatic carbocycles. The molecule has 2 aromatic heterocycles. The van der Waals surface area contributed by atoms with Gasteiger partial charge >= 0.3 is 0 Å². The third-order valence-electron chi connectivity index (χ3n) is 4.88. The van der Waals surface area contributed by atoms with Crippen LogP contribution in [-0.4, -0.2) is 28.6 Å². The quantitative estimate of drug-likeness (QED) is 0.308. The van der Waals surface area contributed by atoms with Crippen LogP contribution >= 0.6 is 35.3 Å². The van der Waals surface area contributed by atoms with E-state index in [9.17, 15) is 0 Å². The molecule has 1 saturated carbocycles. The van der Waals surface area contributed by atoms with Crippen LogP contribution in [0, 0.1) is 13.8 Å². The number of nitrogens with one attached hydrogen (secondary N) is 2. The lowest BCUT2D eigenvalue weighted by Gasteiger charge is -2.22. The van der Waals surface area contributed by atoms with Gasteiger partial charge in [-0.05, 0) is 58.1 Å². The Morgan fingerprint density at radius 3 is 2.72 bits per heavy atom. The topological polar surface area (TPSA) is 71.4 Å². The number of guanidine groups is 1. The minimum absolute atomic E-state index is 0. The standard InChI is InChI=1S/C21H31N5OS.HI/c1-4-22-21(25-14-20-26-15(2)16(3)28-20)24-13-17-10-11-23-19(12-17)27-18-8-6-5-7-9-18;/h10-12,18H,4-9,13-14H2,1-3H3,(H2,22,24,25);1H.